The van der Waals surface area contributed by atoms with Crippen LogP contribution in [0.15, 0.2) is 35.1 Å². The first kappa shape index (κ1) is 19.1. The van der Waals surface area contributed by atoms with E-state index < -0.39 is 29.8 Å². The molecular formula is C19H20F3N3O2. The molecule has 0 spiro atoms. The van der Waals surface area contributed by atoms with Gasteiger partial charge in [0.2, 0.25) is 5.91 Å². The fourth-order valence-corrected chi connectivity index (χ4v) is 2.76. The van der Waals surface area contributed by atoms with Crippen LogP contribution in [-0.4, -0.2) is 15.7 Å². The number of amides is 1. The van der Waals surface area contributed by atoms with Crippen molar-refractivity contribution < 1.29 is 18.0 Å². The lowest BCUT2D eigenvalue weighted by atomic mass is 10.0. The molecule has 1 fully saturated rings. The van der Waals surface area contributed by atoms with Crippen molar-refractivity contribution in [3.63, 3.8) is 0 Å². The van der Waals surface area contributed by atoms with E-state index in [2.05, 4.69) is 10.4 Å². The summed E-state index contributed by atoms with van der Waals surface area (Å²) in [6.07, 6.45) is -3.32. The van der Waals surface area contributed by atoms with Crippen LogP contribution in [-0.2, 0) is 17.5 Å². The van der Waals surface area contributed by atoms with Crippen LogP contribution in [0, 0.1) is 0 Å². The Morgan fingerprint density at radius 2 is 2.00 bits per heavy atom. The highest BCUT2D eigenvalue weighted by Crippen LogP contribution is 2.40. The van der Waals surface area contributed by atoms with Crippen molar-refractivity contribution in [1.29, 1.82) is 0 Å². The summed E-state index contributed by atoms with van der Waals surface area (Å²) < 4.78 is 40.1. The van der Waals surface area contributed by atoms with Gasteiger partial charge in [-0.05, 0) is 42.5 Å². The Kier molecular flexibility index (Phi) is 5.08. The van der Waals surface area contributed by atoms with Gasteiger partial charge in [0.25, 0.3) is 5.56 Å². The number of halogens is 3. The topological polar surface area (TPSA) is 64.0 Å². The van der Waals surface area contributed by atoms with Crippen molar-refractivity contribution >= 4 is 11.6 Å². The first-order valence-electron chi connectivity index (χ1n) is 8.74. The third-order valence-corrected chi connectivity index (χ3v) is 4.42. The smallest absolute Gasteiger partial charge is 0.324 e. The minimum absolute atomic E-state index is 0.0799. The summed E-state index contributed by atoms with van der Waals surface area (Å²) in [4.78, 5) is 24.4. The average molecular weight is 379 g/mol. The zero-order chi connectivity index (χ0) is 19.8. The maximum absolute atomic E-state index is 13.2. The molecule has 2 aromatic rings. The molecule has 1 aliphatic carbocycles. The molecule has 5 nitrogen and oxygen atoms in total. The number of nitrogens with zero attached hydrogens (tertiary/aromatic N) is 2. The molecule has 1 aromatic heterocycles. The molecule has 3 rings (SSSR count). The minimum Gasteiger partial charge on any atom is -0.324 e. The van der Waals surface area contributed by atoms with Gasteiger partial charge in [0.15, 0.2) is 0 Å². The Morgan fingerprint density at radius 1 is 1.30 bits per heavy atom. The van der Waals surface area contributed by atoms with Crippen LogP contribution in [0.1, 0.15) is 55.3 Å². The standard InChI is InChI=1S/C19H20F3N3O2/c1-11(2)13-4-3-5-14(8-13)23-17(26)10-25-18(27)15(19(20,21)22)9-16(24-25)12-6-7-12/h3-5,8-9,11-12H,6-7,10H2,1-2H3,(H,23,26). The molecule has 1 heterocycles. The van der Waals surface area contributed by atoms with Gasteiger partial charge in [-0.3, -0.25) is 9.59 Å². The molecule has 0 radical (unpaired) electrons. The summed E-state index contributed by atoms with van der Waals surface area (Å²) in [5, 5.41) is 6.59. The summed E-state index contributed by atoms with van der Waals surface area (Å²) in [6.45, 7) is 3.44. The molecule has 8 heteroatoms. The number of rotatable bonds is 5. The molecule has 1 aliphatic rings. The molecule has 0 aliphatic heterocycles. The Labute approximate surface area is 154 Å². The average Bonchev–Trinajstić information content (AvgIpc) is 3.40. The second kappa shape index (κ2) is 7.17. The number of benzene rings is 1. The molecule has 27 heavy (non-hydrogen) atoms. The van der Waals surface area contributed by atoms with E-state index in [0.717, 1.165) is 24.5 Å². The monoisotopic (exact) mass is 379 g/mol. The van der Waals surface area contributed by atoms with Gasteiger partial charge < -0.3 is 5.32 Å². The first-order valence-corrected chi connectivity index (χ1v) is 8.74. The second-order valence-corrected chi connectivity index (χ2v) is 7.05. The number of hydrogen-bond acceptors (Lipinski definition) is 3. The summed E-state index contributed by atoms with van der Waals surface area (Å²) in [7, 11) is 0. The van der Waals surface area contributed by atoms with E-state index in [1.165, 1.54) is 0 Å². The van der Waals surface area contributed by atoms with E-state index in [0.29, 0.717) is 10.4 Å². The zero-order valence-electron chi connectivity index (χ0n) is 15.0. The van der Waals surface area contributed by atoms with Gasteiger partial charge in [-0.1, -0.05) is 26.0 Å². The van der Waals surface area contributed by atoms with Gasteiger partial charge in [-0.25, -0.2) is 4.68 Å². The molecular weight excluding hydrogens is 359 g/mol. The minimum atomic E-state index is -4.78. The van der Waals surface area contributed by atoms with E-state index in [1.54, 1.807) is 18.2 Å². The van der Waals surface area contributed by atoms with Crippen molar-refractivity contribution in [1.82, 2.24) is 9.78 Å². The second-order valence-electron chi connectivity index (χ2n) is 7.05. The Morgan fingerprint density at radius 3 is 2.59 bits per heavy atom. The Bertz CT molecular complexity index is 915. The molecule has 0 saturated heterocycles. The number of carbonyl (C=O) groups excluding carboxylic acids is 1. The van der Waals surface area contributed by atoms with Crippen molar-refractivity contribution in [2.24, 2.45) is 0 Å². The summed E-state index contributed by atoms with van der Waals surface area (Å²) in [6, 6.07) is 7.98. The molecule has 0 bridgehead atoms. The Balaban J connectivity index is 1.84. The van der Waals surface area contributed by atoms with Crippen LogP contribution in [0.4, 0.5) is 18.9 Å². The predicted molar refractivity (Wildman–Crippen MR) is 94.6 cm³/mol. The molecule has 1 amide bonds. The normalized spacial score (nSPS) is 14.4. The number of nitrogens with one attached hydrogen (secondary N) is 1. The molecule has 1 N–H and O–H groups in total. The number of carbonyl (C=O) groups is 1. The van der Waals surface area contributed by atoms with Gasteiger partial charge in [0, 0.05) is 11.6 Å². The van der Waals surface area contributed by atoms with Gasteiger partial charge in [0.1, 0.15) is 12.1 Å². The predicted octanol–water partition coefficient (Wildman–Crippen LogP) is 3.90. The largest absolute Gasteiger partial charge is 0.421 e. The molecule has 1 aromatic carbocycles. The lowest BCUT2D eigenvalue weighted by Gasteiger charge is -2.13. The van der Waals surface area contributed by atoms with Crippen LogP contribution in [0.2, 0.25) is 0 Å². The van der Waals surface area contributed by atoms with Crippen LogP contribution >= 0.6 is 0 Å². The number of hydrogen-bond donors (Lipinski definition) is 1. The third kappa shape index (κ3) is 4.56. The summed E-state index contributed by atoms with van der Waals surface area (Å²) >= 11 is 0. The van der Waals surface area contributed by atoms with Crippen molar-refractivity contribution in [3.8, 4) is 0 Å². The fraction of sp³-hybridized carbons (Fsp3) is 0.421. The lowest BCUT2D eigenvalue weighted by Crippen LogP contribution is -2.35. The SMILES string of the molecule is CC(C)c1cccc(NC(=O)Cn2nc(C3CC3)cc(C(F)(F)F)c2=O)c1. The zero-order valence-corrected chi connectivity index (χ0v) is 15.0. The quantitative estimate of drug-likeness (QED) is 0.857. The van der Waals surface area contributed by atoms with Gasteiger partial charge in [-0.2, -0.15) is 18.3 Å². The van der Waals surface area contributed by atoms with Gasteiger partial charge >= 0.3 is 6.18 Å². The van der Waals surface area contributed by atoms with Crippen LogP contribution < -0.4 is 10.9 Å². The maximum atomic E-state index is 13.2. The van der Waals surface area contributed by atoms with Crippen LogP contribution in [0.5, 0.6) is 0 Å². The summed E-state index contributed by atoms with van der Waals surface area (Å²) in [5.41, 5.74) is -0.852. The number of anilines is 1. The van der Waals surface area contributed by atoms with Gasteiger partial charge in [-0.15, -0.1) is 0 Å². The first-order chi connectivity index (χ1) is 12.6. The highest BCUT2D eigenvalue weighted by atomic mass is 19.4. The molecule has 0 atom stereocenters. The number of alkyl halides is 3. The molecule has 1 saturated carbocycles. The highest BCUT2D eigenvalue weighted by Gasteiger charge is 2.37. The van der Waals surface area contributed by atoms with Gasteiger partial charge in [0.05, 0.1) is 5.69 Å². The lowest BCUT2D eigenvalue weighted by molar-refractivity contribution is -0.139. The van der Waals surface area contributed by atoms with E-state index in [-0.39, 0.29) is 17.5 Å². The maximum Gasteiger partial charge on any atom is 0.421 e. The van der Waals surface area contributed by atoms with E-state index in [9.17, 15) is 22.8 Å². The van der Waals surface area contributed by atoms with Crippen LogP contribution in [0.25, 0.3) is 0 Å². The number of aromatic nitrogens is 2. The van der Waals surface area contributed by atoms with Crippen molar-refractivity contribution in [2.75, 3.05) is 5.32 Å². The summed E-state index contributed by atoms with van der Waals surface area (Å²) in [5.74, 6) is -0.425. The third-order valence-electron chi connectivity index (χ3n) is 4.42. The molecule has 144 valence electrons. The fourth-order valence-electron chi connectivity index (χ4n) is 2.76. The van der Waals surface area contributed by atoms with E-state index in [4.69, 9.17) is 0 Å². The van der Waals surface area contributed by atoms with Crippen molar-refractivity contribution in [3.05, 3.63) is 57.5 Å². The van der Waals surface area contributed by atoms with Crippen molar-refractivity contribution in [2.45, 2.75) is 51.2 Å². The van der Waals surface area contributed by atoms with Crippen LogP contribution in [0.3, 0.4) is 0 Å². The highest BCUT2D eigenvalue weighted by molar-refractivity contribution is 5.90. The van der Waals surface area contributed by atoms with E-state index in [1.807, 2.05) is 19.9 Å². The van der Waals surface area contributed by atoms with E-state index >= 15 is 0 Å². The molecule has 0 unspecified atom stereocenters. The Hall–Kier alpha value is -2.64.